The normalized spacial score (nSPS) is 10.8. The third-order valence-electron chi connectivity index (χ3n) is 4.79. The standard InChI is InChI=1S/C26H24BrCl2N3O4/c1-2-35-23-14-17(13-19(27)26(23)36-16-18-7-3-4-8-20(18)28)15-30-32-25(34)12-11-24(33)31-22-10-6-5-9-21(22)29/h3-10,13-15H,2,11-12,16H2,1H3,(H,31,33)(H,32,34). The van der Waals surface area contributed by atoms with Gasteiger partial charge in [-0.05, 0) is 58.7 Å². The van der Waals surface area contributed by atoms with Crippen LogP contribution in [0.2, 0.25) is 10.0 Å². The molecule has 7 nitrogen and oxygen atoms in total. The number of amides is 2. The number of hydrogen-bond donors (Lipinski definition) is 2. The summed E-state index contributed by atoms with van der Waals surface area (Å²) in [6.45, 7) is 2.57. The number of hydrazone groups is 1. The Morgan fingerprint density at radius 2 is 1.67 bits per heavy atom. The summed E-state index contributed by atoms with van der Waals surface area (Å²) in [5, 5.41) is 7.70. The SMILES string of the molecule is CCOc1cc(C=NNC(=O)CCC(=O)Nc2ccccc2Cl)cc(Br)c1OCc1ccccc1Cl. The van der Waals surface area contributed by atoms with E-state index in [4.69, 9.17) is 32.7 Å². The predicted octanol–water partition coefficient (Wildman–Crippen LogP) is 6.60. The summed E-state index contributed by atoms with van der Waals surface area (Å²) in [4.78, 5) is 24.2. The van der Waals surface area contributed by atoms with Gasteiger partial charge in [-0.3, -0.25) is 9.59 Å². The number of rotatable bonds is 11. The number of nitrogens with one attached hydrogen (secondary N) is 2. The molecule has 0 unspecified atom stereocenters. The zero-order chi connectivity index (χ0) is 25.9. The summed E-state index contributed by atoms with van der Waals surface area (Å²) in [5.41, 5.74) is 4.44. The van der Waals surface area contributed by atoms with Crippen LogP contribution in [0.15, 0.2) is 70.2 Å². The van der Waals surface area contributed by atoms with Crippen LogP contribution in [0.4, 0.5) is 5.69 Å². The minimum absolute atomic E-state index is 0.00984. The molecule has 0 aliphatic rings. The Hall–Kier alpha value is -3.07. The Kier molecular flexibility index (Phi) is 10.6. The number of ether oxygens (including phenoxy) is 2. The number of carbonyl (C=O) groups excluding carboxylic acids is 2. The number of carbonyl (C=O) groups is 2. The molecule has 0 aliphatic carbocycles. The highest BCUT2D eigenvalue weighted by Crippen LogP contribution is 2.37. The number of halogens is 3. The highest BCUT2D eigenvalue weighted by molar-refractivity contribution is 9.10. The highest BCUT2D eigenvalue weighted by Gasteiger charge is 2.13. The van der Waals surface area contributed by atoms with Crippen molar-refractivity contribution in [2.24, 2.45) is 5.10 Å². The van der Waals surface area contributed by atoms with Crippen molar-refractivity contribution in [2.45, 2.75) is 26.4 Å². The van der Waals surface area contributed by atoms with Gasteiger partial charge in [0.25, 0.3) is 0 Å². The molecule has 0 saturated heterocycles. The van der Waals surface area contributed by atoms with Crippen molar-refractivity contribution in [2.75, 3.05) is 11.9 Å². The first-order valence-corrected chi connectivity index (χ1v) is 12.6. The van der Waals surface area contributed by atoms with Crippen LogP contribution in [0, 0.1) is 0 Å². The molecule has 0 fully saturated rings. The zero-order valence-corrected chi connectivity index (χ0v) is 22.5. The quantitative estimate of drug-likeness (QED) is 0.194. The second kappa shape index (κ2) is 13.9. The van der Waals surface area contributed by atoms with Crippen LogP contribution >= 0.6 is 39.1 Å². The molecule has 0 atom stereocenters. The molecule has 2 N–H and O–H groups in total. The number of benzene rings is 3. The molecule has 0 aliphatic heterocycles. The minimum Gasteiger partial charge on any atom is -0.490 e. The van der Waals surface area contributed by atoms with Crippen LogP contribution in [-0.2, 0) is 16.2 Å². The molecule has 3 rings (SSSR count). The topological polar surface area (TPSA) is 89.0 Å². The average Bonchev–Trinajstić information content (AvgIpc) is 2.85. The minimum atomic E-state index is -0.399. The van der Waals surface area contributed by atoms with E-state index in [2.05, 4.69) is 31.8 Å². The first-order chi connectivity index (χ1) is 17.4. The molecule has 0 heterocycles. The van der Waals surface area contributed by atoms with Gasteiger partial charge in [-0.15, -0.1) is 0 Å². The Labute approximate surface area is 227 Å². The van der Waals surface area contributed by atoms with Gasteiger partial charge in [0.2, 0.25) is 11.8 Å². The molecule has 10 heteroatoms. The van der Waals surface area contributed by atoms with E-state index in [0.29, 0.717) is 43.9 Å². The van der Waals surface area contributed by atoms with E-state index >= 15 is 0 Å². The van der Waals surface area contributed by atoms with E-state index in [9.17, 15) is 9.59 Å². The molecule has 2 amide bonds. The lowest BCUT2D eigenvalue weighted by Gasteiger charge is -2.15. The lowest BCUT2D eigenvalue weighted by Crippen LogP contribution is -2.20. The van der Waals surface area contributed by atoms with Crippen LogP contribution < -0.4 is 20.2 Å². The lowest BCUT2D eigenvalue weighted by molar-refractivity contribution is -0.124. The summed E-state index contributed by atoms with van der Waals surface area (Å²) >= 11 is 15.8. The smallest absolute Gasteiger partial charge is 0.240 e. The molecule has 3 aromatic rings. The second-order valence-corrected chi connectivity index (χ2v) is 9.13. The fourth-order valence-electron chi connectivity index (χ4n) is 3.07. The maximum atomic E-state index is 12.1. The summed E-state index contributed by atoms with van der Waals surface area (Å²) in [5.74, 6) is 0.328. The molecule has 0 spiro atoms. The van der Waals surface area contributed by atoms with Gasteiger partial charge in [0.15, 0.2) is 11.5 Å². The van der Waals surface area contributed by atoms with Crippen molar-refractivity contribution < 1.29 is 19.1 Å². The van der Waals surface area contributed by atoms with Gasteiger partial charge in [-0.1, -0.05) is 53.5 Å². The number of para-hydroxylation sites is 1. The monoisotopic (exact) mass is 591 g/mol. The summed E-state index contributed by atoms with van der Waals surface area (Å²) < 4.78 is 12.4. The largest absolute Gasteiger partial charge is 0.490 e. The Morgan fingerprint density at radius 3 is 2.39 bits per heavy atom. The molecule has 0 aromatic heterocycles. The van der Waals surface area contributed by atoms with Crippen molar-refractivity contribution in [1.29, 1.82) is 0 Å². The van der Waals surface area contributed by atoms with Crippen molar-refractivity contribution in [3.63, 3.8) is 0 Å². The first-order valence-electron chi connectivity index (χ1n) is 11.1. The molecule has 0 bridgehead atoms. The van der Waals surface area contributed by atoms with Crippen LogP contribution in [0.3, 0.4) is 0 Å². The van der Waals surface area contributed by atoms with E-state index < -0.39 is 5.91 Å². The van der Waals surface area contributed by atoms with Gasteiger partial charge in [0.05, 0.1) is 28.0 Å². The van der Waals surface area contributed by atoms with Gasteiger partial charge < -0.3 is 14.8 Å². The number of nitrogens with zero attached hydrogens (tertiary/aromatic N) is 1. The molecule has 188 valence electrons. The summed E-state index contributed by atoms with van der Waals surface area (Å²) in [6.07, 6.45) is 1.44. The molecular weight excluding hydrogens is 569 g/mol. The van der Waals surface area contributed by atoms with Gasteiger partial charge in [-0.25, -0.2) is 5.43 Å². The fourth-order valence-corrected chi connectivity index (χ4v) is 4.02. The third-order valence-corrected chi connectivity index (χ3v) is 6.08. The van der Waals surface area contributed by atoms with Gasteiger partial charge in [0.1, 0.15) is 6.61 Å². The lowest BCUT2D eigenvalue weighted by atomic mass is 10.2. The maximum Gasteiger partial charge on any atom is 0.240 e. The van der Waals surface area contributed by atoms with E-state index in [0.717, 1.165) is 5.56 Å². The maximum absolute atomic E-state index is 12.1. The molecule has 3 aromatic carbocycles. The van der Waals surface area contributed by atoms with Crippen LogP contribution in [0.1, 0.15) is 30.9 Å². The van der Waals surface area contributed by atoms with Gasteiger partial charge in [-0.2, -0.15) is 5.10 Å². The summed E-state index contributed by atoms with van der Waals surface area (Å²) in [6, 6.07) is 17.9. The second-order valence-electron chi connectivity index (χ2n) is 7.46. The highest BCUT2D eigenvalue weighted by atomic mass is 79.9. The van der Waals surface area contributed by atoms with Crippen molar-refractivity contribution in [3.05, 3.63) is 86.3 Å². The molecule has 0 radical (unpaired) electrons. The fraction of sp³-hybridized carbons (Fsp3) is 0.192. The Balaban J connectivity index is 1.56. The number of hydrogen-bond acceptors (Lipinski definition) is 5. The van der Waals surface area contributed by atoms with Crippen molar-refractivity contribution in [1.82, 2.24) is 5.43 Å². The molecule has 0 saturated carbocycles. The van der Waals surface area contributed by atoms with E-state index in [-0.39, 0.29) is 25.4 Å². The van der Waals surface area contributed by atoms with E-state index in [1.807, 2.05) is 25.1 Å². The average molecular weight is 593 g/mol. The predicted molar refractivity (Wildman–Crippen MR) is 146 cm³/mol. The first kappa shape index (κ1) is 27.5. The van der Waals surface area contributed by atoms with Gasteiger partial charge in [0, 0.05) is 23.4 Å². The van der Waals surface area contributed by atoms with E-state index in [1.165, 1.54) is 6.21 Å². The zero-order valence-electron chi connectivity index (χ0n) is 19.4. The third kappa shape index (κ3) is 8.26. The van der Waals surface area contributed by atoms with Crippen LogP contribution in [0.25, 0.3) is 0 Å². The van der Waals surface area contributed by atoms with Crippen molar-refractivity contribution in [3.8, 4) is 11.5 Å². The Bertz CT molecular complexity index is 1250. The van der Waals surface area contributed by atoms with Crippen LogP contribution in [-0.4, -0.2) is 24.6 Å². The molecule has 36 heavy (non-hydrogen) atoms. The van der Waals surface area contributed by atoms with Crippen molar-refractivity contribution >= 4 is 62.8 Å². The number of anilines is 1. The van der Waals surface area contributed by atoms with Crippen LogP contribution in [0.5, 0.6) is 11.5 Å². The molecular formula is C26H24BrCl2N3O4. The van der Waals surface area contributed by atoms with E-state index in [1.54, 1.807) is 42.5 Å². The van der Waals surface area contributed by atoms with Gasteiger partial charge >= 0.3 is 0 Å². The Morgan fingerprint density at radius 1 is 0.972 bits per heavy atom. The summed E-state index contributed by atoms with van der Waals surface area (Å²) in [7, 11) is 0.